The summed E-state index contributed by atoms with van der Waals surface area (Å²) in [6.07, 6.45) is 2.56. The van der Waals surface area contributed by atoms with Crippen molar-refractivity contribution in [2.45, 2.75) is 31.8 Å². The number of nitrogens with zero attached hydrogens (tertiary/aromatic N) is 1. The normalized spacial score (nSPS) is 25.5. The number of hydrogen-bond donors (Lipinski definition) is 2. The molecule has 1 aromatic rings. The zero-order chi connectivity index (χ0) is 14.3. The summed E-state index contributed by atoms with van der Waals surface area (Å²) in [7, 11) is 1.76. The Bertz CT molecular complexity index is 558. The number of carbonyl (C=O) groups is 1. The second-order valence-electron chi connectivity index (χ2n) is 5.97. The van der Waals surface area contributed by atoms with Crippen molar-refractivity contribution in [3.05, 3.63) is 17.7 Å². The molecule has 3 N–H and O–H groups in total. The molecule has 1 saturated heterocycles. The van der Waals surface area contributed by atoms with E-state index < -0.39 is 0 Å². The number of anilines is 3. The summed E-state index contributed by atoms with van der Waals surface area (Å²) in [5.74, 6) is 0.0388. The van der Waals surface area contributed by atoms with Gasteiger partial charge in [0.1, 0.15) is 0 Å². The monoisotopic (exact) mass is 275 g/mol. The fourth-order valence-electron chi connectivity index (χ4n) is 3.13. The molecule has 0 aliphatic carbocycles. The van der Waals surface area contributed by atoms with Gasteiger partial charge in [0, 0.05) is 25.9 Å². The highest BCUT2D eigenvalue weighted by molar-refractivity contribution is 6.00. The Morgan fingerprint density at radius 3 is 3.00 bits per heavy atom. The number of benzene rings is 1. The van der Waals surface area contributed by atoms with Gasteiger partial charge in [-0.25, -0.2) is 0 Å². The number of ether oxygens (including phenoxy) is 1. The van der Waals surface area contributed by atoms with E-state index in [2.05, 4.69) is 17.1 Å². The lowest BCUT2D eigenvalue weighted by Crippen LogP contribution is -2.47. The van der Waals surface area contributed by atoms with E-state index in [1.54, 1.807) is 7.11 Å². The van der Waals surface area contributed by atoms with Gasteiger partial charge in [-0.3, -0.25) is 4.79 Å². The zero-order valence-electron chi connectivity index (χ0n) is 12.0. The molecule has 1 aromatic carbocycles. The second kappa shape index (κ2) is 4.66. The lowest BCUT2D eigenvalue weighted by Gasteiger charge is -2.41. The van der Waals surface area contributed by atoms with Gasteiger partial charge in [0.2, 0.25) is 5.91 Å². The molecule has 0 aromatic heterocycles. The van der Waals surface area contributed by atoms with E-state index in [4.69, 9.17) is 10.5 Å². The number of hydrogen-bond acceptors (Lipinski definition) is 4. The van der Waals surface area contributed by atoms with Gasteiger partial charge >= 0.3 is 0 Å². The number of carbonyl (C=O) groups excluding carboxylic acids is 1. The maximum Gasteiger partial charge on any atom is 0.228 e. The first-order valence-corrected chi connectivity index (χ1v) is 7.03. The standard InChI is InChI=1S/C15H21N3O2/c1-15(20-2)4-3-5-18(9-15)13-8-12-10(6-11(13)16)7-14(19)17-12/h6,8H,3-5,7,9,16H2,1-2H3,(H,17,19). The number of methoxy groups -OCH3 is 1. The van der Waals surface area contributed by atoms with Crippen LogP contribution in [-0.2, 0) is 16.0 Å². The van der Waals surface area contributed by atoms with E-state index in [1.165, 1.54) is 0 Å². The molecule has 2 heterocycles. The molecule has 1 fully saturated rings. The van der Waals surface area contributed by atoms with Gasteiger partial charge in [-0.2, -0.15) is 0 Å². The summed E-state index contributed by atoms with van der Waals surface area (Å²) in [4.78, 5) is 13.7. The minimum absolute atomic E-state index is 0.0388. The van der Waals surface area contributed by atoms with Gasteiger partial charge < -0.3 is 20.7 Å². The van der Waals surface area contributed by atoms with Crippen LogP contribution in [0.25, 0.3) is 0 Å². The maximum atomic E-state index is 11.5. The van der Waals surface area contributed by atoms with Gasteiger partial charge in [-0.1, -0.05) is 0 Å². The lowest BCUT2D eigenvalue weighted by molar-refractivity contribution is -0.115. The number of fused-ring (bicyclic) bond motifs is 1. The van der Waals surface area contributed by atoms with Crippen LogP contribution in [0, 0.1) is 0 Å². The average Bonchev–Trinajstić information content (AvgIpc) is 2.77. The highest BCUT2D eigenvalue weighted by Crippen LogP contribution is 2.36. The second-order valence-corrected chi connectivity index (χ2v) is 5.97. The third-order valence-electron chi connectivity index (χ3n) is 4.37. The van der Waals surface area contributed by atoms with Gasteiger partial charge in [-0.15, -0.1) is 0 Å². The molecule has 1 amide bonds. The molecular weight excluding hydrogens is 254 g/mol. The number of amides is 1. The molecule has 1 atom stereocenters. The van der Waals surface area contributed by atoms with Crippen molar-refractivity contribution in [2.75, 3.05) is 36.1 Å². The minimum Gasteiger partial charge on any atom is -0.397 e. The third kappa shape index (κ3) is 2.22. The number of rotatable bonds is 2. The molecule has 0 bridgehead atoms. The van der Waals surface area contributed by atoms with Crippen LogP contribution < -0.4 is 16.0 Å². The molecule has 5 nitrogen and oxygen atoms in total. The summed E-state index contributed by atoms with van der Waals surface area (Å²) in [5.41, 5.74) is 9.66. The Balaban J connectivity index is 1.91. The number of nitrogen functional groups attached to an aromatic ring is 1. The quantitative estimate of drug-likeness (QED) is 0.807. The van der Waals surface area contributed by atoms with Crippen LogP contribution >= 0.6 is 0 Å². The third-order valence-corrected chi connectivity index (χ3v) is 4.37. The smallest absolute Gasteiger partial charge is 0.228 e. The van der Waals surface area contributed by atoms with Gasteiger partial charge in [-0.05, 0) is 37.5 Å². The van der Waals surface area contributed by atoms with Crippen molar-refractivity contribution in [2.24, 2.45) is 0 Å². The van der Waals surface area contributed by atoms with Gasteiger partial charge in [0.05, 0.1) is 23.4 Å². The fraction of sp³-hybridized carbons (Fsp3) is 0.533. The molecule has 0 saturated carbocycles. The van der Waals surface area contributed by atoms with E-state index in [-0.39, 0.29) is 11.5 Å². The molecule has 3 rings (SSSR count). The van der Waals surface area contributed by atoms with Gasteiger partial charge in [0.25, 0.3) is 0 Å². The molecule has 20 heavy (non-hydrogen) atoms. The van der Waals surface area contributed by atoms with Crippen molar-refractivity contribution >= 4 is 23.0 Å². The molecule has 2 aliphatic heterocycles. The molecule has 0 spiro atoms. The van der Waals surface area contributed by atoms with Crippen molar-refractivity contribution in [1.29, 1.82) is 0 Å². The molecule has 108 valence electrons. The predicted molar refractivity (Wildman–Crippen MR) is 80.0 cm³/mol. The highest BCUT2D eigenvalue weighted by atomic mass is 16.5. The zero-order valence-corrected chi connectivity index (χ0v) is 12.0. The van der Waals surface area contributed by atoms with Crippen molar-refractivity contribution in [1.82, 2.24) is 0 Å². The number of nitrogens with two attached hydrogens (primary N) is 1. The van der Waals surface area contributed by atoms with E-state index in [0.29, 0.717) is 6.42 Å². The molecule has 0 radical (unpaired) electrons. The summed E-state index contributed by atoms with van der Waals surface area (Å²) in [6.45, 7) is 3.92. The summed E-state index contributed by atoms with van der Waals surface area (Å²) < 4.78 is 5.63. The number of piperidine rings is 1. The van der Waals surface area contributed by atoms with Crippen molar-refractivity contribution in [3.8, 4) is 0 Å². The SMILES string of the molecule is COC1(C)CCCN(c2cc3c(cc2N)CC(=O)N3)C1. The van der Waals surface area contributed by atoms with Crippen LogP contribution in [-0.4, -0.2) is 31.7 Å². The van der Waals surface area contributed by atoms with E-state index in [0.717, 1.165) is 48.6 Å². The van der Waals surface area contributed by atoms with Crippen LogP contribution in [0.5, 0.6) is 0 Å². The summed E-state index contributed by atoms with van der Waals surface area (Å²) >= 11 is 0. The van der Waals surface area contributed by atoms with Gasteiger partial charge in [0.15, 0.2) is 0 Å². The fourth-order valence-corrected chi connectivity index (χ4v) is 3.13. The van der Waals surface area contributed by atoms with Crippen LogP contribution in [0.1, 0.15) is 25.3 Å². The minimum atomic E-state index is -0.132. The molecule has 5 heteroatoms. The Hall–Kier alpha value is -1.75. The summed E-state index contributed by atoms with van der Waals surface area (Å²) in [6, 6.07) is 3.91. The average molecular weight is 275 g/mol. The van der Waals surface area contributed by atoms with E-state index in [1.807, 2.05) is 12.1 Å². The Labute approximate surface area is 119 Å². The van der Waals surface area contributed by atoms with Crippen molar-refractivity contribution in [3.63, 3.8) is 0 Å². The predicted octanol–water partition coefficient (Wildman–Crippen LogP) is 1.77. The first-order valence-electron chi connectivity index (χ1n) is 7.03. The van der Waals surface area contributed by atoms with E-state index in [9.17, 15) is 4.79 Å². The first-order chi connectivity index (χ1) is 9.50. The number of nitrogens with one attached hydrogen (secondary N) is 1. The van der Waals surface area contributed by atoms with E-state index >= 15 is 0 Å². The molecule has 1 unspecified atom stereocenters. The highest BCUT2D eigenvalue weighted by Gasteiger charge is 2.32. The first kappa shape index (κ1) is 13.2. The van der Waals surface area contributed by atoms with Crippen LogP contribution in [0.15, 0.2) is 12.1 Å². The Kier molecular flexibility index (Phi) is 3.09. The molecular formula is C15H21N3O2. The molecule has 2 aliphatic rings. The van der Waals surface area contributed by atoms with Crippen LogP contribution in [0.4, 0.5) is 17.1 Å². The largest absolute Gasteiger partial charge is 0.397 e. The maximum absolute atomic E-state index is 11.5. The summed E-state index contributed by atoms with van der Waals surface area (Å²) in [5, 5.41) is 2.89. The van der Waals surface area contributed by atoms with Crippen LogP contribution in [0.3, 0.4) is 0 Å². The lowest BCUT2D eigenvalue weighted by atomic mass is 9.94. The topological polar surface area (TPSA) is 67.6 Å². The Morgan fingerprint density at radius 1 is 1.45 bits per heavy atom. The Morgan fingerprint density at radius 2 is 2.25 bits per heavy atom. The van der Waals surface area contributed by atoms with Crippen LogP contribution in [0.2, 0.25) is 0 Å². The van der Waals surface area contributed by atoms with Crippen molar-refractivity contribution < 1.29 is 9.53 Å².